The molecule has 0 spiro atoms. The average molecular weight is 327 g/mol. The molecule has 1 aliphatic heterocycles. The van der Waals surface area contributed by atoms with Gasteiger partial charge in [0.1, 0.15) is 11.6 Å². The monoisotopic (exact) mass is 327 g/mol. The molecule has 2 N–H and O–H groups in total. The number of rotatable bonds is 3. The maximum Gasteiger partial charge on any atom is 0.315 e. The summed E-state index contributed by atoms with van der Waals surface area (Å²) in [6.07, 6.45) is 8.85. The molecule has 5 heteroatoms. The van der Waals surface area contributed by atoms with Crippen LogP contribution >= 0.6 is 0 Å². The molecule has 5 nitrogen and oxygen atoms in total. The number of para-hydroxylation sites is 2. The largest absolute Gasteiger partial charge is 0.438 e. The summed E-state index contributed by atoms with van der Waals surface area (Å²) in [5.74, 6) is 1.93. The summed E-state index contributed by atoms with van der Waals surface area (Å²) >= 11 is 0. The van der Waals surface area contributed by atoms with E-state index in [-0.39, 0.29) is 12.1 Å². The summed E-state index contributed by atoms with van der Waals surface area (Å²) in [7, 11) is 0. The Kier molecular flexibility index (Phi) is 4.17. The molecular weight excluding hydrogens is 302 g/mol. The summed E-state index contributed by atoms with van der Waals surface area (Å²) in [6.45, 7) is 0.731. The van der Waals surface area contributed by atoms with Gasteiger partial charge in [-0.05, 0) is 36.8 Å². The number of primary amides is 1. The van der Waals surface area contributed by atoms with E-state index in [0.29, 0.717) is 11.8 Å². The van der Waals surface area contributed by atoms with E-state index in [0.717, 1.165) is 30.0 Å². The summed E-state index contributed by atoms with van der Waals surface area (Å²) in [6, 6.07) is 7.24. The Balaban J connectivity index is 1.53. The zero-order valence-corrected chi connectivity index (χ0v) is 14.0. The van der Waals surface area contributed by atoms with E-state index in [2.05, 4.69) is 4.98 Å². The highest BCUT2D eigenvalue weighted by Crippen LogP contribution is 2.40. The average Bonchev–Trinajstić information content (AvgIpc) is 3.19. The van der Waals surface area contributed by atoms with Gasteiger partial charge in [-0.1, -0.05) is 44.2 Å². The molecule has 2 aliphatic rings. The molecule has 1 aromatic carbocycles. The van der Waals surface area contributed by atoms with Crippen LogP contribution in [0.1, 0.15) is 56.9 Å². The van der Waals surface area contributed by atoms with Gasteiger partial charge in [-0.3, -0.25) is 0 Å². The Bertz CT molecular complexity index is 687. The van der Waals surface area contributed by atoms with Crippen molar-refractivity contribution in [2.24, 2.45) is 17.6 Å². The minimum Gasteiger partial charge on any atom is -0.438 e. The third kappa shape index (κ3) is 2.99. The molecule has 2 fully saturated rings. The number of hydrogen-bond donors (Lipinski definition) is 1. The Labute approximate surface area is 142 Å². The smallest absolute Gasteiger partial charge is 0.315 e. The molecule has 2 heterocycles. The number of carbonyl (C=O) groups excluding carboxylic acids is 1. The molecule has 24 heavy (non-hydrogen) atoms. The van der Waals surface area contributed by atoms with E-state index in [4.69, 9.17) is 10.2 Å². The normalized spacial score (nSPS) is 25.4. The first-order chi connectivity index (χ1) is 11.7. The number of likely N-dealkylation sites (tertiary alicyclic amines) is 1. The zero-order chi connectivity index (χ0) is 16.5. The quantitative estimate of drug-likeness (QED) is 0.916. The van der Waals surface area contributed by atoms with Crippen LogP contribution < -0.4 is 5.73 Å². The first-order valence-electron chi connectivity index (χ1n) is 9.12. The van der Waals surface area contributed by atoms with Crippen LogP contribution in [0.5, 0.6) is 0 Å². The number of benzene rings is 1. The second-order valence-corrected chi connectivity index (χ2v) is 7.37. The van der Waals surface area contributed by atoms with Crippen molar-refractivity contribution < 1.29 is 9.21 Å². The second kappa shape index (κ2) is 6.46. The van der Waals surface area contributed by atoms with Crippen molar-refractivity contribution in [3.63, 3.8) is 0 Å². The van der Waals surface area contributed by atoms with Crippen LogP contribution in [0.25, 0.3) is 11.1 Å². The summed E-state index contributed by atoms with van der Waals surface area (Å²) in [4.78, 5) is 18.3. The lowest BCUT2D eigenvalue weighted by Gasteiger charge is -2.24. The number of carbonyl (C=O) groups is 1. The van der Waals surface area contributed by atoms with Crippen LogP contribution in [0, 0.1) is 11.8 Å². The molecule has 2 amide bonds. The van der Waals surface area contributed by atoms with Gasteiger partial charge in [0.25, 0.3) is 0 Å². The maximum atomic E-state index is 11.9. The number of urea groups is 1. The molecule has 1 saturated carbocycles. The van der Waals surface area contributed by atoms with Gasteiger partial charge < -0.3 is 15.1 Å². The van der Waals surface area contributed by atoms with Crippen LogP contribution in [0.15, 0.2) is 28.7 Å². The highest BCUT2D eigenvalue weighted by Gasteiger charge is 2.39. The Morgan fingerprint density at radius 3 is 2.75 bits per heavy atom. The fourth-order valence-corrected chi connectivity index (χ4v) is 4.50. The van der Waals surface area contributed by atoms with E-state index in [1.807, 2.05) is 24.3 Å². The molecule has 4 rings (SSSR count). The summed E-state index contributed by atoms with van der Waals surface area (Å²) in [5, 5.41) is 0. The third-order valence-electron chi connectivity index (χ3n) is 5.66. The van der Waals surface area contributed by atoms with Crippen molar-refractivity contribution in [2.75, 3.05) is 6.54 Å². The van der Waals surface area contributed by atoms with Gasteiger partial charge in [-0.25, -0.2) is 9.78 Å². The lowest BCUT2D eigenvalue weighted by Crippen LogP contribution is -2.35. The number of oxazole rings is 1. The standard InChI is InChI=1S/C19H25N3O2/c20-19(23)22-12-14(10-13-6-2-1-3-7-13)11-16(22)18-21-15-8-4-5-9-17(15)24-18/h4-5,8-9,13-14,16H,1-3,6-7,10-12H2,(H2,20,23)/t14?,16-/m0/s1. The van der Waals surface area contributed by atoms with Crippen molar-refractivity contribution in [3.05, 3.63) is 30.2 Å². The molecule has 1 aliphatic carbocycles. The van der Waals surface area contributed by atoms with E-state index < -0.39 is 0 Å². The van der Waals surface area contributed by atoms with Crippen LogP contribution in [0.3, 0.4) is 0 Å². The first-order valence-corrected chi connectivity index (χ1v) is 9.12. The fourth-order valence-electron chi connectivity index (χ4n) is 4.50. The molecule has 0 bridgehead atoms. The van der Waals surface area contributed by atoms with Crippen LogP contribution in [-0.2, 0) is 0 Å². The molecule has 1 saturated heterocycles. The van der Waals surface area contributed by atoms with Gasteiger partial charge in [0.15, 0.2) is 5.58 Å². The number of fused-ring (bicyclic) bond motifs is 1. The van der Waals surface area contributed by atoms with Crippen molar-refractivity contribution >= 4 is 17.1 Å². The molecule has 2 atom stereocenters. The fraction of sp³-hybridized carbons (Fsp3) is 0.579. The van der Waals surface area contributed by atoms with Gasteiger partial charge >= 0.3 is 6.03 Å². The first kappa shape index (κ1) is 15.5. The van der Waals surface area contributed by atoms with Gasteiger partial charge in [0.05, 0.1) is 0 Å². The molecule has 2 aromatic rings. The predicted octanol–water partition coefficient (Wildman–Crippen LogP) is 4.24. The van der Waals surface area contributed by atoms with Gasteiger partial charge in [-0.2, -0.15) is 0 Å². The topological polar surface area (TPSA) is 72.4 Å². The van der Waals surface area contributed by atoms with E-state index in [9.17, 15) is 4.79 Å². The Hall–Kier alpha value is -2.04. The second-order valence-electron chi connectivity index (χ2n) is 7.37. The number of hydrogen-bond acceptors (Lipinski definition) is 3. The lowest BCUT2D eigenvalue weighted by atomic mass is 9.82. The highest BCUT2D eigenvalue weighted by molar-refractivity contribution is 5.74. The Morgan fingerprint density at radius 2 is 2.00 bits per heavy atom. The Morgan fingerprint density at radius 1 is 1.21 bits per heavy atom. The molecule has 1 aromatic heterocycles. The number of nitrogens with zero attached hydrogens (tertiary/aromatic N) is 2. The van der Waals surface area contributed by atoms with Crippen LogP contribution in [-0.4, -0.2) is 22.5 Å². The molecular formula is C19H25N3O2. The van der Waals surface area contributed by atoms with E-state index in [1.165, 1.54) is 38.5 Å². The van der Waals surface area contributed by atoms with Crippen LogP contribution in [0.4, 0.5) is 4.79 Å². The number of aromatic nitrogens is 1. The summed E-state index contributed by atoms with van der Waals surface area (Å²) < 4.78 is 5.91. The van der Waals surface area contributed by atoms with Gasteiger partial charge in [0.2, 0.25) is 5.89 Å². The van der Waals surface area contributed by atoms with Crippen molar-refractivity contribution in [1.82, 2.24) is 9.88 Å². The van der Waals surface area contributed by atoms with Crippen molar-refractivity contribution in [2.45, 2.75) is 51.0 Å². The van der Waals surface area contributed by atoms with Crippen molar-refractivity contribution in [3.8, 4) is 0 Å². The minimum absolute atomic E-state index is 0.122. The number of nitrogens with two attached hydrogens (primary N) is 1. The lowest BCUT2D eigenvalue weighted by molar-refractivity contribution is 0.193. The van der Waals surface area contributed by atoms with Crippen molar-refractivity contribution in [1.29, 1.82) is 0 Å². The molecule has 128 valence electrons. The SMILES string of the molecule is NC(=O)N1CC(CC2CCCCC2)C[C@H]1c1nc2ccccc2o1. The minimum atomic E-state index is -0.367. The van der Waals surface area contributed by atoms with E-state index in [1.54, 1.807) is 4.90 Å². The predicted molar refractivity (Wildman–Crippen MR) is 92.3 cm³/mol. The maximum absolute atomic E-state index is 11.9. The summed E-state index contributed by atoms with van der Waals surface area (Å²) in [5.41, 5.74) is 7.24. The molecule has 1 unspecified atom stereocenters. The van der Waals surface area contributed by atoms with Gasteiger partial charge in [-0.15, -0.1) is 0 Å². The van der Waals surface area contributed by atoms with E-state index >= 15 is 0 Å². The third-order valence-corrected chi connectivity index (χ3v) is 5.66. The number of amides is 2. The van der Waals surface area contributed by atoms with Crippen LogP contribution in [0.2, 0.25) is 0 Å². The van der Waals surface area contributed by atoms with Gasteiger partial charge in [0, 0.05) is 6.54 Å². The zero-order valence-electron chi connectivity index (χ0n) is 14.0. The molecule has 0 radical (unpaired) electrons. The highest BCUT2D eigenvalue weighted by atomic mass is 16.3.